The van der Waals surface area contributed by atoms with Gasteiger partial charge >= 0.3 is 0 Å². The Morgan fingerprint density at radius 1 is 1.20 bits per heavy atom. The van der Waals surface area contributed by atoms with Crippen molar-refractivity contribution in [1.29, 1.82) is 0 Å². The summed E-state index contributed by atoms with van der Waals surface area (Å²) in [4.78, 5) is 11.9. The van der Waals surface area contributed by atoms with Crippen molar-refractivity contribution in [3.8, 4) is 0 Å². The molecule has 0 aliphatic heterocycles. The fourth-order valence-corrected chi connectivity index (χ4v) is 2.04. The van der Waals surface area contributed by atoms with Crippen LogP contribution in [-0.2, 0) is 11.2 Å². The van der Waals surface area contributed by atoms with E-state index in [9.17, 15) is 4.79 Å². The fourth-order valence-electron chi connectivity index (χ4n) is 2.04. The van der Waals surface area contributed by atoms with Gasteiger partial charge < -0.3 is 11.1 Å². The van der Waals surface area contributed by atoms with Gasteiger partial charge in [0.05, 0.1) is 12.1 Å². The van der Waals surface area contributed by atoms with Crippen LogP contribution in [-0.4, -0.2) is 11.9 Å². The Labute approximate surface area is 128 Å². The van der Waals surface area contributed by atoms with Crippen LogP contribution in [0.4, 0.5) is 0 Å². The number of carbonyl (C=O) groups excluding carboxylic acids is 1. The standard InChI is InChI=1S/C16H26N2O.ClH/c1-5-12-7-9-13(10-8-12)15(11(3)4)18-16(19)14(17)6-2;/h7-11,14-15H,5-6,17H2,1-4H3,(H,18,19);1H/t14-,15?;/m0./s1. The van der Waals surface area contributed by atoms with E-state index in [0.717, 1.165) is 12.0 Å². The molecule has 1 amide bonds. The number of nitrogens with two attached hydrogens (primary N) is 1. The number of carbonyl (C=O) groups is 1. The summed E-state index contributed by atoms with van der Waals surface area (Å²) in [5, 5.41) is 3.06. The third-order valence-corrected chi connectivity index (χ3v) is 3.49. The van der Waals surface area contributed by atoms with E-state index in [1.807, 2.05) is 6.92 Å². The lowest BCUT2D eigenvalue weighted by Crippen LogP contribution is -2.43. The normalized spacial score (nSPS) is 13.5. The second kappa shape index (κ2) is 8.98. The van der Waals surface area contributed by atoms with Gasteiger partial charge in [-0.05, 0) is 29.9 Å². The third-order valence-electron chi connectivity index (χ3n) is 3.49. The lowest BCUT2D eigenvalue weighted by Gasteiger charge is -2.24. The minimum absolute atomic E-state index is 0. The summed E-state index contributed by atoms with van der Waals surface area (Å²) >= 11 is 0. The Hall–Kier alpha value is -1.06. The quantitative estimate of drug-likeness (QED) is 0.847. The Morgan fingerprint density at radius 2 is 1.75 bits per heavy atom. The number of nitrogens with one attached hydrogen (secondary N) is 1. The van der Waals surface area contributed by atoms with Gasteiger partial charge in [-0.25, -0.2) is 0 Å². The molecule has 1 aromatic carbocycles. The molecule has 0 saturated carbocycles. The molecule has 0 aliphatic carbocycles. The maximum atomic E-state index is 11.9. The Morgan fingerprint density at radius 3 is 2.15 bits per heavy atom. The summed E-state index contributed by atoms with van der Waals surface area (Å²) in [6, 6.07) is 8.04. The molecule has 2 atom stereocenters. The summed E-state index contributed by atoms with van der Waals surface area (Å²) in [5.74, 6) is 0.265. The lowest BCUT2D eigenvalue weighted by molar-refractivity contribution is -0.123. The smallest absolute Gasteiger partial charge is 0.237 e. The SMILES string of the molecule is CCc1ccc(C(NC(=O)[C@@H](N)CC)C(C)C)cc1.Cl. The molecule has 1 unspecified atom stereocenters. The van der Waals surface area contributed by atoms with Crippen LogP contribution in [0.15, 0.2) is 24.3 Å². The number of hydrogen-bond acceptors (Lipinski definition) is 2. The van der Waals surface area contributed by atoms with Crippen molar-refractivity contribution >= 4 is 18.3 Å². The first-order valence-electron chi connectivity index (χ1n) is 7.14. The zero-order valence-corrected chi connectivity index (χ0v) is 13.7. The number of benzene rings is 1. The molecule has 0 bridgehead atoms. The van der Waals surface area contributed by atoms with Gasteiger partial charge in [0.1, 0.15) is 0 Å². The van der Waals surface area contributed by atoms with Gasteiger partial charge in [-0.1, -0.05) is 52.0 Å². The molecular formula is C16H27ClN2O. The highest BCUT2D eigenvalue weighted by atomic mass is 35.5. The van der Waals surface area contributed by atoms with Crippen molar-refractivity contribution in [1.82, 2.24) is 5.32 Å². The second-order valence-electron chi connectivity index (χ2n) is 5.34. The number of aryl methyl sites for hydroxylation is 1. The average Bonchev–Trinajstić information content (AvgIpc) is 2.43. The van der Waals surface area contributed by atoms with Gasteiger partial charge in [-0.15, -0.1) is 12.4 Å². The molecule has 0 saturated heterocycles. The molecule has 0 aliphatic rings. The highest BCUT2D eigenvalue weighted by Crippen LogP contribution is 2.22. The predicted octanol–water partition coefficient (Wildman–Crippen LogP) is 3.22. The van der Waals surface area contributed by atoms with E-state index in [0.29, 0.717) is 12.3 Å². The van der Waals surface area contributed by atoms with Crippen molar-refractivity contribution in [2.24, 2.45) is 11.7 Å². The van der Waals surface area contributed by atoms with Crippen LogP contribution in [0.25, 0.3) is 0 Å². The zero-order chi connectivity index (χ0) is 14.4. The Bertz CT molecular complexity index is 403. The summed E-state index contributed by atoms with van der Waals surface area (Å²) in [5.41, 5.74) is 8.23. The number of rotatable bonds is 6. The van der Waals surface area contributed by atoms with Crippen molar-refractivity contribution in [3.05, 3.63) is 35.4 Å². The van der Waals surface area contributed by atoms with Gasteiger partial charge in [-0.2, -0.15) is 0 Å². The average molecular weight is 299 g/mol. The summed E-state index contributed by atoms with van der Waals surface area (Å²) in [6.45, 7) is 8.27. The van der Waals surface area contributed by atoms with Crippen LogP contribution >= 0.6 is 12.4 Å². The molecule has 4 heteroatoms. The van der Waals surface area contributed by atoms with E-state index in [2.05, 4.69) is 50.4 Å². The molecule has 0 heterocycles. The summed E-state index contributed by atoms with van der Waals surface area (Å²) in [6.07, 6.45) is 1.69. The largest absolute Gasteiger partial charge is 0.348 e. The van der Waals surface area contributed by atoms with Crippen molar-refractivity contribution in [2.75, 3.05) is 0 Å². The van der Waals surface area contributed by atoms with E-state index in [1.54, 1.807) is 0 Å². The topological polar surface area (TPSA) is 55.1 Å². The maximum absolute atomic E-state index is 11.9. The molecule has 1 aromatic rings. The highest BCUT2D eigenvalue weighted by Gasteiger charge is 2.20. The Balaban J connectivity index is 0.00000361. The first-order valence-corrected chi connectivity index (χ1v) is 7.14. The summed E-state index contributed by atoms with van der Waals surface area (Å²) in [7, 11) is 0. The zero-order valence-electron chi connectivity index (χ0n) is 12.8. The van der Waals surface area contributed by atoms with Crippen LogP contribution in [0.3, 0.4) is 0 Å². The van der Waals surface area contributed by atoms with Gasteiger partial charge in [0.2, 0.25) is 5.91 Å². The monoisotopic (exact) mass is 298 g/mol. The lowest BCUT2D eigenvalue weighted by atomic mass is 9.94. The van der Waals surface area contributed by atoms with Crippen LogP contribution in [0.1, 0.15) is 51.3 Å². The second-order valence-corrected chi connectivity index (χ2v) is 5.34. The van der Waals surface area contributed by atoms with E-state index < -0.39 is 6.04 Å². The molecule has 0 spiro atoms. The van der Waals surface area contributed by atoms with Crippen LogP contribution in [0, 0.1) is 5.92 Å². The molecule has 20 heavy (non-hydrogen) atoms. The molecule has 0 aromatic heterocycles. The minimum atomic E-state index is -0.420. The van der Waals surface area contributed by atoms with Gasteiger partial charge in [-0.3, -0.25) is 4.79 Å². The van der Waals surface area contributed by atoms with E-state index in [-0.39, 0.29) is 24.4 Å². The molecule has 1 rings (SSSR count). The molecule has 0 radical (unpaired) electrons. The van der Waals surface area contributed by atoms with E-state index >= 15 is 0 Å². The molecule has 0 fully saturated rings. The van der Waals surface area contributed by atoms with Crippen molar-refractivity contribution in [3.63, 3.8) is 0 Å². The van der Waals surface area contributed by atoms with Gasteiger partial charge in [0.15, 0.2) is 0 Å². The van der Waals surface area contributed by atoms with Crippen molar-refractivity contribution < 1.29 is 4.79 Å². The predicted molar refractivity (Wildman–Crippen MR) is 87.1 cm³/mol. The minimum Gasteiger partial charge on any atom is -0.348 e. The Kier molecular flexibility index (Phi) is 8.51. The first kappa shape index (κ1) is 18.9. The summed E-state index contributed by atoms with van der Waals surface area (Å²) < 4.78 is 0. The van der Waals surface area contributed by atoms with Crippen LogP contribution in [0.2, 0.25) is 0 Å². The van der Waals surface area contributed by atoms with Crippen LogP contribution in [0.5, 0.6) is 0 Å². The fraction of sp³-hybridized carbons (Fsp3) is 0.562. The number of amides is 1. The molecule has 3 nitrogen and oxygen atoms in total. The highest BCUT2D eigenvalue weighted by molar-refractivity contribution is 5.85. The maximum Gasteiger partial charge on any atom is 0.237 e. The molecular weight excluding hydrogens is 272 g/mol. The first-order chi connectivity index (χ1) is 8.99. The molecule has 3 N–H and O–H groups in total. The van der Waals surface area contributed by atoms with Crippen LogP contribution < -0.4 is 11.1 Å². The number of halogens is 1. The van der Waals surface area contributed by atoms with E-state index in [4.69, 9.17) is 5.73 Å². The van der Waals surface area contributed by atoms with Gasteiger partial charge in [0, 0.05) is 0 Å². The van der Waals surface area contributed by atoms with Crippen molar-refractivity contribution in [2.45, 2.75) is 52.6 Å². The third kappa shape index (κ3) is 5.14. The molecule has 114 valence electrons. The number of hydrogen-bond donors (Lipinski definition) is 2. The van der Waals surface area contributed by atoms with Gasteiger partial charge in [0.25, 0.3) is 0 Å². The van der Waals surface area contributed by atoms with E-state index in [1.165, 1.54) is 5.56 Å².